The Morgan fingerprint density at radius 2 is 2.06 bits per heavy atom. The quantitative estimate of drug-likeness (QED) is 0.474. The maximum atomic E-state index is 12.8. The summed E-state index contributed by atoms with van der Waals surface area (Å²) in [4.78, 5) is 27.2. The number of halogens is 2. The molecule has 0 saturated carbocycles. The van der Waals surface area contributed by atoms with Gasteiger partial charge in [-0.25, -0.2) is 9.97 Å². The summed E-state index contributed by atoms with van der Waals surface area (Å²) in [5.41, 5.74) is 1.57. The first-order valence-corrected chi connectivity index (χ1v) is 11.4. The third-order valence-electron chi connectivity index (χ3n) is 5.36. The molecule has 0 radical (unpaired) electrons. The summed E-state index contributed by atoms with van der Waals surface area (Å²) in [5, 5.41) is 8.73. The SMILES string of the molecule is CCCc1nc(NC2CCCN(C(=O)CNc3cc(Cl)cc(Cl)c3)C2)c2cc[nH]c2n1. The van der Waals surface area contributed by atoms with Crippen molar-refractivity contribution in [3.8, 4) is 0 Å². The molecule has 1 amide bonds. The number of piperidine rings is 1. The number of hydrogen-bond acceptors (Lipinski definition) is 5. The summed E-state index contributed by atoms with van der Waals surface area (Å²) in [5.74, 6) is 1.71. The fourth-order valence-electron chi connectivity index (χ4n) is 3.89. The maximum Gasteiger partial charge on any atom is 0.241 e. The minimum atomic E-state index is 0.0451. The number of aromatic nitrogens is 3. The number of fused-ring (bicyclic) bond motifs is 1. The molecule has 0 spiro atoms. The molecular weight excluding hydrogens is 435 g/mol. The molecule has 7 nitrogen and oxygen atoms in total. The number of nitrogens with zero attached hydrogens (tertiary/aromatic N) is 3. The molecule has 3 aromatic rings. The molecule has 0 aliphatic carbocycles. The van der Waals surface area contributed by atoms with Crippen molar-refractivity contribution in [2.24, 2.45) is 0 Å². The Hall–Kier alpha value is -2.51. The van der Waals surface area contributed by atoms with E-state index in [4.69, 9.17) is 28.2 Å². The molecule has 1 aliphatic heterocycles. The van der Waals surface area contributed by atoms with E-state index in [0.717, 1.165) is 60.6 Å². The number of carbonyl (C=O) groups excluding carboxylic acids is 1. The van der Waals surface area contributed by atoms with E-state index in [1.165, 1.54) is 0 Å². The number of H-pyrrole nitrogens is 1. The van der Waals surface area contributed by atoms with Gasteiger partial charge in [0.1, 0.15) is 17.3 Å². The fraction of sp³-hybridized carbons (Fsp3) is 0.409. The number of nitrogens with one attached hydrogen (secondary N) is 3. The molecular formula is C22H26Cl2N6O. The Kier molecular flexibility index (Phi) is 6.83. The number of aromatic amines is 1. The summed E-state index contributed by atoms with van der Waals surface area (Å²) in [6.45, 7) is 3.69. The van der Waals surface area contributed by atoms with Gasteiger partial charge in [0.05, 0.1) is 11.9 Å². The van der Waals surface area contributed by atoms with Crippen LogP contribution in [0.15, 0.2) is 30.5 Å². The number of aryl methyl sites for hydroxylation is 1. The van der Waals surface area contributed by atoms with Crippen LogP contribution in [0.25, 0.3) is 11.0 Å². The Balaban J connectivity index is 1.40. The predicted octanol–water partition coefficient (Wildman–Crippen LogP) is 4.73. The Morgan fingerprint density at radius 3 is 2.84 bits per heavy atom. The van der Waals surface area contributed by atoms with Crippen LogP contribution in [0.1, 0.15) is 32.0 Å². The van der Waals surface area contributed by atoms with Crippen LogP contribution >= 0.6 is 23.2 Å². The van der Waals surface area contributed by atoms with Crippen LogP contribution in [0.4, 0.5) is 11.5 Å². The van der Waals surface area contributed by atoms with Crippen molar-refractivity contribution in [2.45, 2.75) is 38.6 Å². The van der Waals surface area contributed by atoms with Crippen LogP contribution in [0.2, 0.25) is 10.0 Å². The standard InChI is InChI=1S/C22H26Cl2N6O/c1-2-4-19-28-21-18(6-7-25-21)22(29-19)27-16-5-3-8-30(13-16)20(31)12-26-17-10-14(23)9-15(24)11-17/h6-7,9-11,16,26H,2-5,8,12-13H2,1H3,(H2,25,27,28,29). The third-order valence-corrected chi connectivity index (χ3v) is 5.79. The highest BCUT2D eigenvalue weighted by Gasteiger charge is 2.24. The second-order valence-electron chi connectivity index (χ2n) is 7.81. The number of rotatable bonds is 7. The number of benzene rings is 1. The van der Waals surface area contributed by atoms with Crippen LogP contribution in [0.5, 0.6) is 0 Å². The number of hydrogen-bond donors (Lipinski definition) is 3. The first kappa shape index (κ1) is 21.7. The van der Waals surface area contributed by atoms with Gasteiger partial charge in [-0.05, 0) is 43.5 Å². The number of carbonyl (C=O) groups is 1. The number of amides is 1. The van der Waals surface area contributed by atoms with Crippen molar-refractivity contribution in [2.75, 3.05) is 30.3 Å². The average Bonchev–Trinajstić information content (AvgIpc) is 3.21. The van der Waals surface area contributed by atoms with Gasteiger partial charge in [0.25, 0.3) is 0 Å². The predicted molar refractivity (Wildman–Crippen MR) is 126 cm³/mol. The Bertz CT molecular complexity index is 1050. The van der Waals surface area contributed by atoms with E-state index in [1.54, 1.807) is 18.2 Å². The van der Waals surface area contributed by atoms with Crippen molar-refractivity contribution in [1.82, 2.24) is 19.9 Å². The lowest BCUT2D eigenvalue weighted by atomic mass is 10.1. The first-order chi connectivity index (χ1) is 15.0. The summed E-state index contributed by atoms with van der Waals surface area (Å²) in [7, 11) is 0. The van der Waals surface area contributed by atoms with E-state index < -0.39 is 0 Å². The summed E-state index contributed by atoms with van der Waals surface area (Å²) < 4.78 is 0. The molecule has 9 heteroatoms. The van der Waals surface area contributed by atoms with E-state index in [-0.39, 0.29) is 18.5 Å². The summed E-state index contributed by atoms with van der Waals surface area (Å²) in [6.07, 6.45) is 5.63. The molecule has 1 fully saturated rings. The van der Waals surface area contributed by atoms with Gasteiger partial charge in [-0.2, -0.15) is 0 Å². The zero-order valence-electron chi connectivity index (χ0n) is 17.4. The summed E-state index contributed by atoms with van der Waals surface area (Å²) in [6, 6.07) is 7.30. The Morgan fingerprint density at radius 1 is 1.26 bits per heavy atom. The van der Waals surface area contributed by atoms with E-state index in [1.807, 2.05) is 17.2 Å². The highest BCUT2D eigenvalue weighted by atomic mass is 35.5. The molecule has 3 N–H and O–H groups in total. The summed E-state index contributed by atoms with van der Waals surface area (Å²) >= 11 is 12.1. The highest BCUT2D eigenvalue weighted by Crippen LogP contribution is 2.24. The molecule has 164 valence electrons. The monoisotopic (exact) mass is 460 g/mol. The molecule has 3 heterocycles. The number of anilines is 2. The minimum absolute atomic E-state index is 0.0451. The van der Waals surface area contributed by atoms with Gasteiger partial charge in [-0.1, -0.05) is 30.1 Å². The first-order valence-electron chi connectivity index (χ1n) is 10.6. The lowest BCUT2D eigenvalue weighted by Gasteiger charge is -2.33. The molecule has 1 aliphatic rings. The lowest BCUT2D eigenvalue weighted by Crippen LogP contribution is -2.47. The molecule has 4 rings (SSSR count). The second kappa shape index (κ2) is 9.75. The molecule has 31 heavy (non-hydrogen) atoms. The van der Waals surface area contributed by atoms with Crippen LogP contribution in [0.3, 0.4) is 0 Å². The van der Waals surface area contributed by atoms with Gasteiger partial charge < -0.3 is 20.5 Å². The maximum absolute atomic E-state index is 12.8. The molecule has 1 aromatic carbocycles. The van der Waals surface area contributed by atoms with Gasteiger partial charge in [0, 0.05) is 47.5 Å². The molecule has 1 unspecified atom stereocenters. The van der Waals surface area contributed by atoms with Gasteiger partial charge in [-0.15, -0.1) is 0 Å². The van der Waals surface area contributed by atoms with Gasteiger partial charge >= 0.3 is 0 Å². The van der Waals surface area contributed by atoms with Crippen LogP contribution < -0.4 is 10.6 Å². The van der Waals surface area contributed by atoms with Crippen LogP contribution in [-0.2, 0) is 11.2 Å². The van der Waals surface area contributed by atoms with E-state index >= 15 is 0 Å². The fourth-order valence-corrected chi connectivity index (χ4v) is 4.42. The zero-order chi connectivity index (χ0) is 21.8. The van der Waals surface area contributed by atoms with Gasteiger partial charge in [0.2, 0.25) is 5.91 Å². The smallest absolute Gasteiger partial charge is 0.241 e. The van der Waals surface area contributed by atoms with Crippen LogP contribution in [-0.4, -0.2) is 51.4 Å². The zero-order valence-corrected chi connectivity index (χ0v) is 18.9. The normalized spacial score (nSPS) is 16.5. The van der Waals surface area contributed by atoms with E-state index in [2.05, 4.69) is 27.5 Å². The third kappa shape index (κ3) is 5.40. The van der Waals surface area contributed by atoms with E-state index in [0.29, 0.717) is 16.6 Å². The second-order valence-corrected chi connectivity index (χ2v) is 8.69. The van der Waals surface area contributed by atoms with Crippen molar-refractivity contribution < 1.29 is 4.79 Å². The van der Waals surface area contributed by atoms with Crippen molar-refractivity contribution in [1.29, 1.82) is 0 Å². The highest BCUT2D eigenvalue weighted by molar-refractivity contribution is 6.35. The van der Waals surface area contributed by atoms with Crippen LogP contribution in [0, 0.1) is 0 Å². The van der Waals surface area contributed by atoms with Crippen molar-refractivity contribution in [3.05, 3.63) is 46.3 Å². The number of likely N-dealkylation sites (tertiary alicyclic amines) is 1. The average molecular weight is 461 g/mol. The topological polar surface area (TPSA) is 85.9 Å². The minimum Gasteiger partial charge on any atom is -0.376 e. The molecule has 1 saturated heterocycles. The Labute approximate surface area is 191 Å². The largest absolute Gasteiger partial charge is 0.376 e. The van der Waals surface area contributed by atoms with Crippen molar-refractivity contribution >= 4 is 51.6 Å². The van der Waals surface area contributed by atoms with E-state index in [9.17, 15) is 4.79 Å². The molecule has 0 bridgehead atoms. The van der Waals surface area contributed by atoms with Crippen molar-refractivity contribution in [3.63, 3.8) is 0 Å². The molecule has 1 atom stereocenters. The van der Waals surface area contributed by atoms with Gasteiger partial charge in [-0.3, -0.25) is 4.79 Å². The van der Waals surface area contributed by atoms with Gasteiger partial charge in [0.15, 0.2) is 0 Å². The lowest BCUT2D eigenvalue weighted by molar-refractivity contribution is -0.130. The molecule has 2 aromatic heterocycles.